The first-order chi connectivity index (χ1) is 11.2. The fraction of sp³-hybridized carbons (Fsp3) is 0.312. The molecule has 0 fully saturated rings. The van der Waals surface area contributed by atoms with Crippen LogP contribution in [0.15, 0.2) is 29.1 Å². The molecule has 0 saturated carbocycles. The smallest absolute Gasteiger partial charge is 0.307 e. The van der Waals surface area contributed by atoms with Gasteiger partial charge in [0.05, 0.1) is 11.3 Å². The van der Waals surface area contributed by atoms with Gasteiger partial charge >= 0.3 is 6.18 Å². The van der Waals surface area contributed by atoms with Crippen LogP contribution >= 0.6 is 0 Å². The van der Waals surface area contributed by atoms with Gasteiger partial charge in [-0.05, 0) is 31.5 Å². The van der Waals surface area contributed by atoms with E-state index in [0.717, 1.165) is 12.1 Å². The first kappa shape index (κ1) is 16.2. The molecule has 0 saturated heterocycles. The summed E-state index contributed by atoms with van der Waals surface area (Å²) in [6.07, 6.45) is -4.37. The van der Waals surface area contributed by atoms with Gasteiger partial charge < -0.3 is 4.98 Å². The Balaban J connectivity index is 2.09. The van der Waals surface area contributed by atoms with Crippen LogP contribution in [-0.2, 0) is 6.18 Å². The number of nitrogens with zero attached hydrogens (tertiary/aromatic N) is 3. The SMILES string of the molecule is Cc1nn2c([C@H](C)c3ccc(C(F)(F)F)cc3)nc(C)c2c(=O)[nH]1. The molecule has 126 valence electrons. The number of aromatic amines is 1. The van der Waals surface area contributed by atoms with Crippen LogP contribution in [0.1, 0.15) is 41.3 Å². The van der Waals surface area contributed by atoms with Crippen molar-refractivity contribution in [2.24, 2.45) is 0 Å². The number of hydrogen-bond acceptors (Lipinski definition) is 3. The number of aryl methyl sites for hydroxylation is 2. The zero-order valence-electron chi connectivity index (χ0n) is 13.3. The lowest BCUT2D eigenvalue weighted by atomic mass is 9.99. The number of halogens is 3. The Morgan fingerprint density at radius 1 is 1.17 bits per heavy atom. The molecule has 0 aliphatic heterocycles. The highest BCUT2D eigenvalue weighted by Gasteiger charge is 2.30. The second kappa shape index (κ2) is 5.47. The Labute approximate surface area is 135 Å². The van der Waals surface area contributed by atoms with Crippen LogP contribution in [0.25, 0.3) is 5.52 Å². The number of aromatic nitrogens is 4. The van der Waals surface area contributed by atoms with Gasteiger partial charge in [-0.2, -0.15) is 18.3 Å². The molecular weight excluding hydrogens is 321 g/mol. The Bertz CT molecular complexity index is 954. The number of fused-ring (bicyclic) bond motifs is 1. The highest BCUT2D eigenvalue weighted by Crippen LogP contribution is 2.31. The molecule has 2 heterocycles. The molecule has 1 aromatic carbocycles. The second-order valence-electron chi connectivity index (χ2n) is 5.70. The van der Waals surface area contributed by atoms with Crippen LogP contribution in [0.3, 0.4) is 0 Å². The summed E-state index contributed by atoms with van der Waals surface area (Å²) in [5.74, 6) is 0.629. The quantitative estimate of drug-likeness (QED) is 0.782. The maximum absolute atomic E-state index is 12.7. The van der Waals surface area contributed by atoms with E-state index >= 15 is 0 Å². The van der Waals surface area contributed by atoms with E-state index in [1.54, 1.807) is 13.8 Å². The van der Waals surface area contributed by atoms with E-state index in [1.165, 1.54) is 16.6 Å². The van der Waals surface area contributed by atoms with Crippen molar-refractivity contribution in [3.63, 3.8) is 0 Å². The molecule has 0 radical (unpaired) electrons. The maximum atomic E-state index is 12.7. The molecule has 0 amide bonds. The first-order valence-electron chi connectivity index (χ1n) is 7.32. The van der Waals surface area contributed by atoms with Gasteiger partial charge in [0.25, 0.3) is 5.56 Å². The number of nitrogens with one attached hydrogen (secondary N) is 1. The molecule has 8 heteroatoms. The monoisotopic (exact) mass is 336 g/mol. The number of rotatable bonds is 2. The minimum absolute atomic E-state index is 0.293. The molecule has 1 N–H and O–H groups in total. The highest BCUT2D eigenvalue weighted by atomic mass is 19.4. The number of alkyl halides is 3. The van der Waals surface area contributed by atoms with Gasteiger partial charge in [0, 0.05) is 5.92 Å². The first-order valence-corrected chi connectivity index (χ1v) is 7.32. The van der Waals surface area contributed by atoms with Crippen LogP contribution in [-0.4, -0.2) is 19.6 Å². The Hall–Kier alpha value is -2.64. The van der Waals surface area contributed by atoms with Crippen molar-refractivity contribution in [3.8, 4) is 0 Å². The van der Waals surface area contributed by atoms with Gasteiger partial charge in [0.15, 0.2) is 5.52 Å². The van der Waals surface area contributed by atoms with Gasteiger partial charge in [-0.25, -0.2) is 9.50 Å². The van der Waals surface area contributed by atoms with Gasteiger partial charge in [-0.15, -0.1) is 0 Å². The third-order valence-corrected chi connectivity index (χ3v) is 3.94. The van der Waals surface area contributed by atoms with Crippen molar-refractivity contribution in [3.05, 3.63) is 63.1 Å². The van der Waals surface area contributed by atoms with E-state index in [2.05, 4.69) is 15.1 Å². The molecular formula is C16H15F3N4O. The summed E-state index contributed by atoms with van der Waals surface area (Å²) >= 11 is 0. The lowest BCUT2D eigenvalue weighted by molar-refractivity contribution is -0.137. The number of hydrogen-bond donors (Lipinski definition) is 1. The predicted molar refractivity (Wildman–Crippen MR) is 82.0 cm³/mol. The van der Waals surface area contributed by atoms with Gasteiger partial charge in [0.1, 0.15) is 11.6 Å². The fourth-order valence-corrected chi connectivity index (χ4v) is 2.69. The summed E-state index contributed by atoms with van der Waals surface area (Å²) < 4.78 is 39.5. The standard InChI is InChI=1S/C16H15F3N4O/c1-8(11-4-6-12(7-5-11)16(17,18)19)14-20-9(2)13-15(24)21-10(3)22-23(13)14/h4-8H,1-3H3,(H,21,22,24)/t8-/m1/s1. The summed E-state index contributed by atoms with van der Waals surface area (Å²) in [5, 5.41) is 4.28. The molecule has 3 aromatic rings. The molecule has 0 aliphatic rings. The Morgan fingerprint density at radius 3 is 2.38 bits per heavy atom. The topological polar surface area (TPSA) is 63.1 Å². The van der Waals surface area contributed by atoms with Gasteiger partial charge in [-0.3, -0.25) is 4.79 Å². The van der Waals surface area contributed by atoms with Crippen molar-refractivity contribution in [1.29, 1.82) is 0 Å². The van der Waals surface area contributed by atoms with Crippen LogP contribution in [0, 0.1) is 13.8 Å². The normalized spacial score (nSPS) is 13.4. The maximum Gasteiger partial charge on any atom is 0.416 e. The van der Waals surface area contributed by atoms with E-state index < -0.39 is 11.7 Å². The van der Waals surface area contributed by atoms with Crippen molar-refractivity contribution < 1.29 is 13.2 Å². The average Bonchev–Trinajstić information content (AvgIpc) is 2.82. The van der Waals surface area contributed by atoms with Gasteiger partial charge in [0.2, 0.25) is 0 Å². The van der Waals surface area contributed by atoms with E-state index in [1.807, 2.05) is 6.92 Å². The molecule has 0 aliphatic carbocycles. The predicted octanol–water partition coefficient (Wildman–Crippen LogP) is 3.21. The molecule has 3 rings (SSSR count). The summed E-state index contributed by atoms with van der Waals surface area (Å²) in [6.45, 7) is 5.17. The summed E-state index contributed by atoms with van der Waals surface area (Å²) in [6, 6.07) is 4.92. The third-order valence-electron chi connectivity index (χ3n) is 3.94. The lowest BCUT2D eigenvalue weighted by Gasteiger charge is -2.12. The fourth-order valence-electron chi connectivity index (χ4n) is 2.69. The van der Waals surface area contributed by atoms with Crippen molar-refractivity contribution in [1.82, 2.24) is 19.6 Å². The minimum Gasteiger partial charge on any atom is -0.307 e. The average molecular weight is 336 g/mol. The van der Waals surface area contributed by atoms with Gasteiger partial charge in [-0.1, -0.05) is 19.1 Å². The van der Waals surface area contributed by atoms with E-state index in [-0.39, 0.29) is 11.5 Å². The third kappa shape index (κ3) is 2.68. The largest absolute Gasteiger partial charge is 0.416 e. The van der Waals surface area contributed by atoms with Crippen LogP contribution in [0.2, 0.25) is 0 Å². The minimum atomic E-state index is -4.37. The molecule has 1 atom stereocenters. The second-order valence-corrected chi connectivity index (χ2v) is 5.70. The molecule has 0 bridgehead atoms. The zero-order chi connectivity index (χ0) is 17.6. The lowest BCUT2D eigenvalue weighted by Crippen LogP contribution is -2.16. The Morgan fingerprint density at radius 2 is 1.79 bits per heavy atom. The summed E-state index contributed by atoms with van der Waals surface area (Å²) in [4.78, 5) is 19.1. The highest BCUT2D eigenvalue weighted by molar-refractivity contribution is 5.50. The molecule has 24 heavy (non-hydrogen) atoms. The van der Waals surface area contributed by atoms with Crippen LogP contribution in [0.5, 0.6) is 0 Å². The van der Waals surface area contributed by atoms with Crippen molar-refractivity contribution >= 4 is 5.52 Å². The van der Waals surface area contributed by atoms with E-state index in [0.29, 0.717) is 28.4 Å². The Kier molecular flexibility index (Phi) is 3.70. The summed E-state index contributed by atoms with van der Waals surface area (Å²) in [5.41, 5.74) is 0.535. The van der Waals surface area contributed by atoms with Crippen molar-refractivity contribution in [2.75, 3.05) is 0 Å². The van der Waals surface area contributed by atoms with E-state index in [4.69, 9.17) is 0 Å². The van der Waals surface area contributed by atoms with Crippen LogP contribution < -0.4 is 5.56 Å². The van der Waals surface area contributed by atoms with E-state index in [9.17, 15) is 18.0 Å². The molecule has 0 unspecified atom stereocenters. The molecule has 0 spiro atoms. The number of benzene rings is 1. The zero-order valence-corrected chi connectivity index (χ0v) is 13.3. The summed E-state index contributed by atoms with van der Waals surface area (Å²) in [7, 11) is 0. The molecule has 5 nitrogen and oxygen atoms in total. The number of H-pyrrole nitrogens is 1. The van der Waals surface area contributed by atoms with Crippen molar-refractivity contribution in [2.45, 2.75) is 32.9 Å². The molecule has 2 aromatic heterocycles. The van der Waals surface area contributed by atoms with Crippen LogP contribution in [0.4, 0.5) is 13.2 Å². The number of imidazole rings is 1.